The molecule has 0 aromatic heterocycles. The summed E-state index contributed by atoms with van der Waals surface area (Å²) in [5, 5.41) is 15.6. The lowest BCUT2D eigenvalue weighted by atomic mass is 10.5. The first kappa shape index (κ1) is 11.7. The number of hydrogen-bond donors (Lipinski definition) is 2. The maximum atomic E-state index is 9.32. The summed E-state index contributed by atoms with van der Waals surface area (Å²) in [7, 11) is 0. The first-order valence-electron chi connectivity index (χ1n) is 2.57. The number of aliphatic hydroxyl groups excluding tert-OH is 1. The molecule has 0 spiro atoms. The molecule has 0 heterocycles. The Bertz CT molecular complexity index is 63.2. The molecular formula is C5H11BrO3. The third-order valence-corrected chi connectivity index (χ3v) is 0.818. The monoisotopic (exact) mass is 198 g/mol. The zero-order valence-corrected chi connectivity index (χ0v) is 6.89. The third kappa shape index (κ3) is 32.6. The molecule has 0 saturated heterocycles. The van der Waals surface area contributed by atoms with Crippen LogP contribution in [0.2, 0.25) is 0 Å². The summed E-state index contributed by atoms with van der Waals surface area (Å²) in [5.74, 6) is -0.829. The second kappa shape index (κ2) is 10.8. The average molecular weight is 199 g/mol. The van der Waals surface area contributed by atoms with Gasteiger partial charge in [0, 0.05) is 6.61 Å². The molecule has 0 aromatic rings. The van der Waals surface area contributed by atoms with Crippen LogP contribution in [0.5, 0.6) is 0 Å². The quantitative estimate of drug-likeness (QED) is 0.648. The number of rotatable bonds is 2. The second-order valence-electron chi connectivity index (χ2n) is 1.25. The van der Waals surface area contributed by atoms with E-state index < -0.39 is 5.97 Å². The van der Waals surface area contributed by atoms with E-state index in [0.717, 1.165) is 6.42 Å². The molecule has 0 atom stereocenters. The Morgan fingerprint density at radius 3 is 1.89 bits per heavy atom. The maximum Gasteiger partial charge on any atom is 0.314 e. The van der Waals surface area contributed by atoms with Crippen LogP contribution >= 0.6 is 15.9 Å². The summed E-state index contributed by atoms with van der Waals surface area (Å²) < 4.78 is 0. The van der Waals surface area contributed by atoms with E-state index in [1.807, 2.05) is 6.92 Å². The van der Waals surface area contributed by atoms with Crippen molar-refractivity contribution in [3.8, 4) is 0 Å². The normalized spacial score (nSPS) is 7.44. The molecule has 0 radical (unpaired) electrons. The van der Waals surface area contributed by atoms with E-state index >= 15 is 0 Å². The number of carboxylic acid groups (broad SMARTS) is 1. The molecule has 4 heteroatoms. The number of carbonyl (C=O) groups is 1. The Labute approximate surface area is 62.8 Å². The largest absolute Gasteiger partial charge is 0.481 e. The Morgan fingerprint density at radius 2 is 1.89 bits per heavy atom. The lowest BCUT2D eigenvalue weighted by Gasteiger charge is -1.70. The Kier molecular flexibility index (Phi) is 14.0. The molecule has 0 saturated carbocycles. The van der Waals surface area contributed by atoms with Crippen molar-refractivity contribution in [2.45, 2.75) is 13.3 Å². The minimum absolute atomic E-state index is 0.0347. The van der Waals surface area contributed by atoms with Crippen molar-refractivity contribution in [3.63, 3.8) is 0 Å². The van der Waals surface area contributed by atoms with Crippen LogP contribution in [0.1, 0.15) is 13.3 Å². The SMILES string of the molecule is CCCO.O=C(O)CBr. The first-order valence-corrected chi connectivity index (χ1v) is 3.69. The topological polar surface area (TPSA) is 57.5 Å². The van der Waals surface area contributed by atoms with Gasteiger partial charge in [0.1, 0.15) is 5.33 Å². The van der Waals surface area contributed by atoms with Crippen LogP contribution in [-0.4, -0.2) is 28.1 Å². The van der Waals surface area contributed by atoms with Crippen LogP contribution in [0.15, 0.2) is 0 Å². The Hall–Kier alpha value is -0.0900. The fourth-order valence-electron chi connectivity index (χ4n) is 0. The molecule has 56 valence electrons. The number of hydrogen-bond acceptors (Lipinski definition) is 2. The molecule has 0 bridgehead atoms. The zero-order valence-electron chi connectivity index (χ0n) is 5.30. The van der Waals surface area contributed by atoms with E-state index in [2.05, 4.69) is 15.9 Å². The maximum absolute atomic E-state index is 9.32. The molecule has 0 aliphatic heterocycles. The van der Waals surface area contributed by atoms with E-state index in [4.69, 9.17) is 10.2 Å². The van der Waals surface area contributed by atoms with Gasteiger partial charge in [0.2, 0.25) is 0 Å². The standard InChI is InChI=1S/C3H8O.C2H3BrO2/c1-2-3-4;3-1-2(4)5/h4H,2-3H2,1H3;1H2,(H,4,5). The molecule has 0 fully saturated rings. The van der Waals surface area contributed by atoms with Crippen molar-refractivity contribution in [1.29, 1.82) is 0 Å². The Balaban J connectivity index is 0. The highest BCUT2D eigenvalue weighted by Gasteiger charge is 1.83. The van der Waals surface area contributed by atoms with Crippen LogP contribution in [0.25, 0.3) is 0 Å². The molecule has 0 amide bonds. The van der Waals surface area contributed by atoms with E-state index in [1.54, 1.807) is 0 Å². The van der Waals surface area contributed by atoms with Gasteiger partial charge in [0.25, 0.3) is 0 Å². The predicted octanol–water partition coefficient (Wildman–Crippen LogP) is 0.855. The van der Waals surface area contributed by atoms with Crippen molar-refractivity contribution in [3.05, 3.63) is 0 Å². The van der Waals surface area contributed by atoms with Gasteiger partial charge in [-0.3, -0.25) is 4.79 Å². The second-order valence-corrected chi connectivity index (χ2v) is 1.81. The minimum Gasteiger partial charge on any atom is -0.481 e. The van der Waals surface area contributed by atoms with Gasteiger partial charge in [-0.25, -0.2) is 0 Å². The highest BCUT2D eigenvalue weighted by molar-refractivity contribution is 9.09. The van der Waals surface area contributed by atoms with Crippen molar-refractivity contribution >= 4 is 21.9 Å². The molecule has 0 aliphatic carbocycles. The lowest BCUT2D eigenvalue weighted by molar-refractivity contribution is -0.133. The molecular weight excluding hydrogens is 188 g/mol. The summed E-state index contributed by atoms with van der Waals surface area (Å²) in [6.07, 6.45) is 0.875. The summed E-state index contributed by atoms with van der Waals surface area (Å²) in [4.78, 5) is 9.32. The summed E-state index contributed by atoms with van der Waals surface area (Å²) in [6.45, 7) is 2.25. The molecule has 9 heavy (non-hydrogen) atoms. The number of aliphatic carboxylic acids is 1. The predicted molar refractivity (Wildman–Crippen MR) is 38.8 cm³/mol. The van der Waals surface area contributed by atoms with Crippen LogP contribution in [-0.2, 0) is 4.79 Å². The first-order chi connectivity index (χ1) is 4.18. The third-order valence-electron chi connectivity index (χ3n) is 0.338. The highest BCUT2D eigenvalue weighted by atomic mass is 79.9. The molecule has 0 aliphatic rings. The molecule has 2 N–H and O–H groups in total. The molecule has 0 unspecified atom stereocenters. The van der Waals surface area contributed by atoms with Crippen LogP contribution in [0.3, 0.4) is 0 Å². The van der Waals surface area contributed by atoms with Crippen molar-refractivity contribution < 1.29 is 15.0 Å². The van der Waals surface area contributed by atoms with Gasteiger partial charge >= 0.3 is 5.97 Å². The number of carboxylic acids is 1. The van der Waals surface area contributed by atoms with Gasteiger partial charge in [0.15, 0.2) is 0 Å². The number of halogens is 1. The van der Waals surface area contributed by atoms with Crippen molar-refractivity contribution in [2.24, 2.45) is 0 Å². The summed E-state index contributed by atoms with van der Waals surface area (Å²) >= 11 is 2.71. The van der Waals surface area contributed by atoms with Crippen molar-refractivity contribution in [1.82, 2.24) is 0 Å². The van der Waals surface area contributed by atoms with Crippen molar-refractivity contribution in [2.75, 3.05) is 11.9 Å². The van der Waals surface area contributed by atoms with E-state index in [0.29, 0.717) is 6.61 Å². The summed E-state index contributed by atoms with van der Waals surface area (Å²) in [5.41, 5.74) is 0. The smallest absolute Gasteiger partial charge is 0.314 e. The van der Waals surface area contributed by atoms with Crippen LogP contribution < -0.4 is 0 Å². The van der Waals surface area contributed by atoms with Gasteiger partial charge in [-0.15, -0.1) is 0 Å². The number of aliphatic hydroxyl groups is 1. The summed E-state index contributed by atoms with van der Waals surface area (Å²) in [6, 6.07) is 0. The molecule has 3 nitrogen and oxygen atoms in total. The highest BCUT2D eigenvalue weighted by Crippen LogP contribution is 1.73. The van der Waals surface area contributed by atoms with Gasteiger partial charge in [-0.1, -0.05) is 22.9 Å². The van der Waals surface area contributed by atoms with Crippen LogP contribution in [0, 0.1) is 0 Å². The van der Waals surface area contributed by atoms with Gasteiger partial charge in [0.05, 0.1) is 0 Å². The van der Waals surface area contributed by atoms with Gasteiger partial charge in [-0.05, 0) is 6.42 Å². The number of alkyl halides is 1. The average Bonchev–Trinajstić information content (AvgIpc) is 1.89. The molecule has 0 rings (SSSR count). The zero-order chi connectivity index (χ0) is 7.70. The molecule has 0 aromatic carbocycles. The van der Waals surface area contributed by atoms with Crippen LogP contribution in [0.4, 0.5) is 0 Å². The van der Waals surface area contributed by atoms with E-state index in [-0.39, 0.29) is 5.33 Å². The van der Waals surface area contributed by atoms with E-state index in [1.165, 1.54) is 0 Å². The fraction of sp³-hybridized carbons (Fsp3) is 0.800. The minimum atomic E-state index is -0.829. The fourth-order valence-corrected chi connectivity index (χ4v) is 0. The van der Waals surface area contributed by atoms with Gasteiger partial charge in [-0.2, -0.15) is 0 Å². The van der Waals surface area contributed by atoms with Gasteiger partial charge < -0.3 is 10.2 Å². The van der Waals surface area contributed by atoms with E-state index in [9.17, 15) is 4.79 Å². The Morgan fingerprint density at radius 1 is 1.67 bits per heavy atom. The lowest BCUT2D eigenvalue weighted by Crippen LogP contribution is -1.92.